The molecule has 0 saturated carbocycles. The quantitative estimate of drug-likeness (QED) is 0.0358. The van der Waals surface area contributed by atoms with E-state index in [1.54, 1.807) is 6.08 Å². The number of para-hydroxylation sites is 2. The van der Waals surface area contributed by atoms with Gasteiger partial charge in [0.2, 0.25) is 0 Å². The first-order chi connectivity index (χ1) is 37.5. The van der Waals surface area contributed by atoms with Gasteiger partial charge in [0.05, 0.1) is 29.2 Å². The molecule has 0 spiro atoms. The van der Waals surface area contributed by atoms with Crippen LogP contribution in [0, 0.1) is 0 Å². The van der Waals surface area contributed by atoms with Gasteiger partial charge in [-0.05, 0) is 131 Å². The summed E-state index contributed by atoms with van der Waals surface area (Å²) in [4.78, 5) is 12.2. The molecule has 1 unspecified atom stereocenters. The van der Waals surface area contributed by atoms with E-state index in [4.69, 9.17) is 4.99 Å². The number of anilines is 2. The molecule has 6 aromatic rings. The molecular weight excluding hydrogens is 921 g/mol. The van der Waals surface area contributed by atoms with E-state index in [0.29, 0.717) is 19.0 Å². The normalized spacial score (nSPS) is 14.2. The van der Waals surface area contributed by atoms with Gasteiger partial charge in [-0.15, -0.1) is 0 Å². The van der Waals surface area contributed by atoms with Gasteiger partial charge in [0.25, 0.3) is 0 Å². The number of rotatable bonds is 23. The Morgan fingerprint density at radius 3 is 2.12 bits per heavy atom. The monoisotopic (exact) mass is 1000 g/mol. The summed E-state index contributed by atoms with van der Waals surface area (Å²) in [6, 6.07) is 43.2. The highest BCUT2D eigenvalue weighted by Gasteiger charge is 2.22. The Morgan fingerprint density at radius 1 is 0.724 bits per heavy atom. The van der Waals surface area contributed by atoms with Crippen molar-refractivity contribution < 1.29 is 0 Å². The van der Waals surface area contributed by atoms with E-state index >= 15 is 0 Å². The van der Waals surface area contributed by atoms with Crippen LogP contribution in [0.3, 0.4) is 0 Å². The Hall–Kier alpha value is -8.08. The molecule has 4 heteroatoms. The summed E-state index contributed by atoms with van der Waals surface area (Å²) >= 11 is 0. The third-order valence-corrected chi connectivity index (χ3v) is 12.9. The first kappa shape index (κ1) is 58.8. The predicted octanol–water partition coefficient (Wildman–Crippen LogP) is 20.0. The van der Waals surface area contributed by atoms with Crippen molar-refractivity contribution in [2.45, 2.75) is 92.9 Å². The molecule has 7 rings (SSSR count). The Balaban J connectivity index is 0.00000260. The summed E-state index contributed by atoms with van der Waals surface area (Å²) in [5, 5.41) is 1.20. The van der Waals surface area contributed by atoms with Crippen molar-refractivity contribution in [3.05, 3.63) is 276 Å². The van der Waals surface area contributed by atoms with Crippen LogP contribution in [-0.4, -0.2) is 30.1 Å². The summed E-state index contributed by atoms with van der Waals surface area (Å²) in [6.45, 7) is 27.6. The minimum atomic E-state index is 0.384. The molecule has 0 bridgehead atoms. The van der Waals surface area contributed by atoms with Gasteiger partial charge in [0.15, 0.2) is 0 Å². The second-order valence-electron chi connectivity index (χ2n) is 17.9. The van der Waals surface area contributed by atoms with Crippen molar-refractivity contribution in [1.29, 1.82) is 0 Å². The van der Waals surface area contributed by atoms with E-state index in [2.05, 4.69) is 243 Å². The molecule has 0 aliphatic heterocycles. The molecule has 4 nitrogen and oxygen atoms in total. The highest BCUT2D eigenvalue weighted by molar-refractivity contribution is 6.12. The average molecular weight is 1000 g/mol. The fraction of sp³-hybridized carbons (Fsp3) is 0.222. The number of hydrogen-bond acceptors (Lipinski definition) is 3. The van der Waals surface area contributed by atoms with Gasteiger partial charge in [-0.1, -0.05) is 235 Å². The van der Waals surface area contributed by atoms with Crippen molar-refractivity contribution in [2.75, 3.05) is 18.0 Å². The van der Waals surface area contributed by atoms with Crippen LogP contribution in [0.1, 0.15) is 119 Å². The van der Waals surface area contributed by atoms with E-state index in [1.165, 1.54) is 39.7 Å². The second-order valence-corrected chi connectivity index (χ2v) is 17.9. The van der Waals surface area contributed by atoms with E-state index in [0.717, 1.165) is 82.8 Å². The predicted molar refractivity (Wildman–Crippen MR) is 339 cm³/mol. The third kappa shape index (κ3) is 16.5. The smallest absolute Gasteiger partial charge is 0.0717 e. The highest BCUT2D eigenvalue weighted by atomic mass is 15.1. The lowest BCUT2D eigenvalue weighted by atomic mass is 9.85. The van der Waals surface area contributed by atoms with Crippen molar-refractivity contribution in [1.82, 2.24) is 4.57 Å². The van der Waals surface area contributed by atoms with Crippen molar-refractivity contribution in [2.24, 2.45) is 9.98 Å². The molecule has 390 valence electrons. The zero-order chi connectivity index (χ0) is 54.3. The molecule has 1 aliphatic rings. The average Bonchev–Trinajstić information content (AvgIpc) is 3.82. The van der Waals surface area contributed by atoms with Crippen LogP contribution in [0.25, 0.3) is 34.4 Å². The molecule has 0 fully saturated rings. The zero-order valence-corrected chi connectivity index (χ0v) is 46.6. The molecule has 0 N–H and O–H groups in total. The standard InChI is InChI=1S/C68H70N4.2C2H6/c1-7-11-14-21-38-57-48-59(54-34-23-17-24-35-54)49-58(39-22-15-16-29-45-66-62(10-4)63-44-30-31-46-67(63)72(66)60-41-27-19-28-42-60)68(57)71(47-13-9-3)61-43-32-40-56(50-61)64(69-6)51-65(55-36-25-18-26-37-55)70-52-53(5)33-20-12-8-2;2*1-2/h7-15,18-23,25-34,36-37,40-46,48-51,54H,2,4,6,16-17,24,35,38-39,47,52H2,1,3,5H3;2*1-2H3/b11-7-,13-9-,20-12-,21-14-,22-15+,45-29-,53-33+,64-51-,70-65?;;. The van der Waals surface area contributed by atoms with Crippen LogP contribution in [0.2, 0.25) is 0 Å². The first-order valence-electron chi connectivity index (χ1n) is 27.4. The van der Waals surface area contributed by atoms with E-state index in [-0.39, 0.29) is 0 Å². The molecule has 1 atom stereocenters. The lowest BCUT2D eigenvalue weighted by Gasteiger charge is -2.31. The molecule has 0 amide bonds. The maximum atomic E-state index is 5.11. The van der Waals surface area contributed by atoms with E-state index in [1.807, 2.05) is 64.1 Å². The molecular formula is C72H82N4. The number of nitrogens with zero attached hydrogens (tertiary/aromatic N) is 4. The number of allylic oxidation sites excluding steroid dienone is 15. The number of benzene rings is 5. The molecule has 76 heavy (non-hydrogen) atoms. The van der Waals surface area contributed by atoms with E-state index in [9.17, 15) is 0 Å². The fourth-order valence-electron chi connectivity index (χ4n) is 9.33. The topological polar surface area (TPSA) is 32.9 Å². The zero-order valence-electron chi connectivity index (χ0n) is 46.6. The van der Waals surface area contributed by atoms with Crippen LogP contribution in [0.15, 0.2) is 247 Å². The van der Waals surface area contributed by atoms with Crippen molar-refractivity contribution in [3.8, 4) is 5.69 Å². The third-order valence-electron chi connectivity index (χ3n) is 12.9. The number of fused-ring (bicyclic) bond motifs is 1. The molecule has 1 aliphatic carbocycles. The molecule has 1 aromatic heterocycles. The van der Waals surface area contributed by atoms with Gasteiger partial charge in [-0.3, -0.25) is 9.98 Å². The number of hydrogen-bond donors (Lipinski definition) is 0. The minimum Gasteiger partial charge on any atom is -0.337 e. The number of aliphatic imine (C=N–C) groups is 2. The largest absolute Gasteiger partial charge is 0.337 e. The summed E-state index contributed by atoms with van der Waals surface area (Å²) in [5.41, 5.74) is 15.6. The van der Waals surface area contributed by atoms with Gasteiger partial charge >= 0.3 is 0 Å². The van der Waals surface area contributed by atoms with Crippen LogP contribution in [-0.2, 0) is 12.8 Å². The fourth-order valence-corrected chi connectivity index (χ4v) is 9.33. The van der Waals surface area contributed by atoms with Crippen LogP contribution < -0.4 is 4.90 Å². The van der Waals surface area contributed by atoms with Crippen LogP contribution in [0.4, 0.5) is 11.4 Å². The lowest BCUT2D eigenvalue weighted by Crippen LogP contribution is -2.21. The second kappa shape index (κ2) is 33.0. The van der Waals surface area contributed by atoms with Crippen LogP contribution >= 0.6 is 0 Å². The first-order valence-corrected chi connectivity index (χ1v) is 27.4. The summed E-state index contributed by atoms with van der Waals surface area (Å²) < 4.78 is 2.34. The van der Waals surface area contributed by atoms with Gasteiger partial charge in [0.1, 0.15) is 0 Å². The minimum absolute atomic E-state index is 0.384. The Kier molecular flexibility index (Phi) is 25.5. The number of aromatic nitrogens is 1. The maximum absolute atomic E-state index is 5.11. The van der Waals surface area contributed by atoms with Gasteiger partial charge in [-0.2, -0.15) is 0 Å². The van der Waals surface area contributed by atoms with Gasteiger partial charge in [-0.25, -0.2) is 0 Å². The Bertz CT molecular complexity index is 3100. The molecule has 1 heterocycles. The Morgan fingerprint density at radius 2 is 1.43 bits per heavy atom. The molecule has 5 aromatic carbocycles. The van der Waals surface area contributed by atoms with E-state index < -0.39 is 0 Å². The van der Waals surface area contributed by atoms with Gasteiger partial charge in [0, 0.05) is 46.0 Å². The molecule has 0 saturated heterocycles. The lowest BCUT2D eigenvalue weighted by molar-refractivity contribution is 0.653. The maximum Gasteiger partial charge on any atom is 0.0717 e. The van der Waals surface area contributed by atoms with Crippen molar-refractivity contribution >= 4 is 52.6 Å². The Labute approximate surface area is 457 Å². The summed E-state index contributed by atoms with van der Waals surface area (Å²) in [5.74, 6) is 0.384. The summed E-state index contributed by atoms with van der Waals surface area (Å²) in [7, 11) is 0. The SMILES string of the molecule is C=C/C=C\C=C(/C)CN=C(/C=C(\N=C)c1cccc(N(C/C=C\C)c2c(C/C=C\C=C/C)cc(C3C=CCCC3)cc2C/C=C/C/C=C\c2c(C=C)c3ccccc3n2-c2ccccc2)c1)c1ccccc1.CC.CC. The van der Waals surface area contributed by atoms with Crippen LogP contribution in [0.5, 0.6) is 0 Å². The van der Waals surface area contributed by atoms with Crippen molar-refractivity contribution in [3.63, 3.8) is 0 Å². The highest BCUT2D eigenvalue weighted by Crippen LogP contribution is 2.39. The molecule has 0 radical (unpaired) electrons. The van der Waals surface area contributed by atoms with Gasteiger partial charge < -0.3 is 9.47 Å². The summed E-state index contributed by atoms with van der Waals surface area (Å²) in [6.07, 6.45) is 44.7.